The predicted octanol–water partition coefficient (Wildman–Crippen LogP) is 2.99. The summed E-state index contributed by atoms with van der Waals surface area (Å²) in [5, 5.41) is 8.33. The summed E-state index contributed by atoms with van der Waals surface area (Å²) in [6, 6.07) is 10.0. The summed E-state index contributed by atoms with van der Waals surface area (Å²) in [4.78, 5) is 29.8. The van der Waals surface area contributed by atoms with Crippen LogP contribution in [0.5, 0.6) is 0 Å². The van der Waals surface area contributed by atoms with Crippen LogP contribution in [0.3, 0.4) is 0 Å². The van der Waals surface area contributed by atoms with E-state index in [4.69, 9.17) is 4.42 Å². The monoisotopic (exact) mass is 433 g/mol. The van der Waals surface area contributed by atoms with Gasteiger partial charge in [-0.25, -0.2) is 4.68 Å². The summed E-state index contributed by atoms with van der Waals surface area (Å²) in [5.74, 6) is 1.27. The second-order valence-corrected chi connectivity index (χ2v) is 8.69. The first-order chi connectivity index (χ1) is 15.5. The quantitative estimate of drug-likeness (QED) is 0.632. The lowest BCUT2D eigenvalue weighted by Crippen LogP contribution is -2.38. The highest BCUT2D eigenvalue weighted by Gasteiger charge is 2.32. The molecule has 1 fully saturated rings. The van der Waals surface area contributed by atoms with Gasteiger partial charge < -0.3 is 14.2 Å². The lowest BCUT2D eigenvalue weighted by Gasteiger charge is -2.28. The minimum Gasteiger partial charge on any atom is -0.466 e. The van der Waals surface area contributed by atoms with Gasteiger partial charge in [-0.15, -0.1) is 5.10 Å². The van der Waals surface area contributed by atoms with E-state index in [0.29, 0.717) is 43.2 Å². The molecule has 1 saturated heterocycles. The fourth-order valence-corrected chi connectivity index (χ4v) is 4.82. The Morgan fingerprint density at radius 2 is 1.94 bits per heavy atom. The van der Waals surface area contributed by atoms with Crippen LogP contribution in [0.2, 0.25) is 0 Å². The second kappa shape index (κ2) is 8.26. The molecule has 0 aliphatic carbocycles. The molecule has 2 aromatic heterocycles. The van der Waals surface area contributed by atoms with Crippen LogP contribution in [0.25, 0.3) is 0 Å². The van der Waals surface area contributed by atoms with Crippen LogP contribution in [0.15, 0.2) is 40.9 Å². The number of carbonyl (C=O) groups excluding carboxylic acids is 2. The van der Waals surface area contributed by atoms with Crippen LogP contribution in [-0.4, -0.2) is 55.7 Å². The molecule has 2 aliphatic rings. The van der Waals surface area contributed by atoms with Gasteiger partial charge in [0.1, 0.15) is 11.5 Å². The lowest BCUT2D eigenvalue weighted by atomic mass is 10.00. The first-order valence-electron chi connectivity index (χ1n) is 11.1. The van der Waals surface area contributed by atoms with Crippen LogP contribution in [0.1, 0.15) is 56.3 Å². The van der Waals surface area contributed by atoms with Crippen molar-refractivity contribution < 1.29 is 14.0 Å². The van der Waals surface area contributed by atoms with Gasteiger partial charge in [-0.1, -0.05) is 29.5 Å². The third-order valence-corrected chi connectivity index (χ3v) is 6.48. The van der Waals surface area contributed by atoms with E-state index in [-0.39, 0.29) is 17.9 Å². The molecule has 166 valence electrons. The molecule has 0 bridgehead atoms. The van der Waals surface area contributed by atoms with Crippen molar-refractivity contribution in [3.05, 3.63) is 70.4 Å². The summed E-state index contributed by atoms with van der Waals surface area (Å²) in [6.07, 6.45) is 4.40. The zero-order chi connectivity index (χ0) is 22.2. The Morgan fingerprint density at radius 1 is 1.12 bits per heavy atom. The van der Waals surface area contributed by atoms with Gasteiger partial charge in [0.25, 0.3) is 11.8 Å². The van der Waals surface area contributed by atoms with E-state index in [2.05, 4.69) is 22.4 Å². The number of amides is 2. The number of aromatic nitrogens is 3. The Morgan fingerprint density at radius 3 is 2.72 bits per heavy atom. The number of nitrogens with zero attached hydrogens (tertiary/aromatic N) is 5. The molecule has 5 rings (SSSR count). The van der Waals surface area contributed by atoms with Gasteiger partial charge >= 0.3 is 0 Å². The second-order valence-electron chi connectivity index (χ2n) is 8.69. The van der Waals surface area contributed by atoms with Gasteiger partial charge in [0, 0.05) is 19.6 Å². The number of aryl methyl sites for hydroxylation is 2. The number of benzene rings is 1. The molecule has 32 heavy (non-hydrogen) atoms. The molecule has 0 spiro atoms. The maximum atomic E-state index is 13.1. The molecular weight excluding hydrogens is 406 g/mol. The van der Waals surface area contributed by atoms with Crippen molar-refractivity contribution in [2.24, 2.45) is 0 Å². The Kier molecular flexibility index (Phi) is 5.28. The normalized spacial score (nSPS) is 18.1. The van der Waals surface area contributed by atoms with E-state index < -0.39 is 0 Å². The number of fused-ring (bicyclic) bond motifs is 1. The van der Waals surface area contributed by atoms with Crippen molar-refractivity contribution in [3.8, 4) is 0 Å². The van der Waals surface area contributed by atoms with Gasteiger partial charge in [0.2, 0.25) is 0 Å². The highest BCUT2D eigenvalue weighted by atomic mass is 16.3. The molecule has 1 aromatic carbocycles. The van der Waals surface area contributed by atoms with Gasteiger partial charge in [0.05, 0.1) is 24.3 Å². The molecule has 0 radical (unpaired) electrons. The van der Waals surface area contributed by atoms with E-state index in [1.807, 2.05) is 35.8 Å². The van der Waals surface area contributed by atoms with Crippen molar-refractivity contribution in [1.82, 2.24) is 24.8 Å². The SMILES string of the molecule is Cc1cc(C(=O)N2CCC[C@H]2Cn2cc(C(=O)N3CCc4ccccc4C3)nn2)c(C)o1. The maximum absolute atomic E-state index is 13.1. The summed E-state index contributed by atoms with van der Waals surface area (Å²) in [6.45, 7) is 6.17. The number of furan rings is 1. The Balaban J connectivity index is 1.26. The highest BCUT2D eigenvalue weighted by Crippen LogP contribution is 2.25. The molecule has 3 aromatic rings. The number of carbonyl (C=O) groups is 2. The average molecular weight is 434 g/mol. The van der Waals surface area contributed by atoms with Crippen molar-refractivity contribution >= 4 is 11.8 Å². The number of rotatable bonds is 4. The van der Waals surface area contributed by atoms with Crippen molar-refractivity contribution in [3.63, 3.8) is 0 Å². The zero-order valence-electron chi connectivity index (χ0n) is 18.5. The summed E-state index contributed by atoms with van der Waals surface area (Å²) >= 11 is 0. The molecule has 2 amide bonds. The third kappa shape index (κ3) is 3.81. The fraction of sp³-hybridized carbons (Fsp3) is 0.417. The van der Waals surface area contributed by atoms with Gasteiger partial charge in [-0.2, -0.15) is 0 Å². The van der Waals surface area contributed by atoms with Crippen molar-refractivity contribution in [2.75, 3.05) is 13.1 Å². The van der Waals surface area contributed by atoms with E-state index >= 15 is 0 Å². The standard InChI is InChI=1S/C24H27N5O3/c1-16-12-21(17(2)32-16)23(30)29-10-5-8-20(29)14-28-15-22(25-26-28)24(31)27-11-9-18-6-3-4-7-19(18)13-27/h3-4,6-7,12,15,20H,5,8-11,13-14H2,1-2H3/t20-/m0/s1. The van der Waals surface area contributed by atoms with Crippen LogP contribution in [0.4, 0.5) is 0 Å². The predicted molar refractivity (Wildman–Crippen MR) is 117 cm³/mol. The van der Waals surface area contributed by atoms with Crippen LogP contribution in [0, 0.1) is 13.8 Å². The number of likely N-dealkylation sites (tertiary alicyclic amines) is 1. The topological polar surface area (TPSA) is 84.5 Å². The van der Waals surface area contributed by atoms with Gasteiger partial charge in [-0.3, -0.25) is 9.59 Å². The fourth-order valence-electron chi connectivity index (χ4n) is 4.82. The molecule has 8 heteroatoms. The highest BCUT2D eigenvalue weighted by molar-refractivity contribution is 5.95. The van der Waals surface area contributed by atoms with E-state index in [1.165, 1.54) is 11.1 Å². The Labute approximate surface area is 186 Å². The summed E-state index contributed by atoms with van der Waals surface area (Å²) in [5.41, 5.74) is 3.45. The summed E-state index contributed by atoms with van der Waals surface area (Å²) in [7, 11) is 0. The zero-order valence-corrected chi connectivity index (χ0v) is 18.5. The minimum absolute atomic E-state index is 0.00903. The Bertz CT molecular complexity index is 1160. The van der Waals surface area contributed by atoms with E-state index in [1.54, 1.807) is 16.9 Å². The van der Waals surface area contributed by atoms with E-state index in [0.717, 1.165) is 25.0 Å². The molecule has 4 heterocycles. The smallest absolute Gasteiger partial charge is 0.276 e. The van der Waals surface area contributed by atoms with Crippen LogP contribution >= 0.6 is 0 Å². The molecule has 0 unspecified atom stereocenters. The molecule has 0 saturated carbocycles. The molecule has 0 N–H and O–H groups in total. The molecule has 8 nitrogen and oxygen atoms in total. The van der Waals surface area contributed by atoms with Gasteiger partial charge in [-0.05, 0) is 50.3 Å². The minimum atomic E-state index is -0.102. The van der Waals surface area contributed by atoms with E-state index in [9.17, 15) is 9.59 Å². The maximum Gasteiger partial charge on any atom is 0.276 e. The Hall–Kier alpha value is -3.42. The summed E-state index contributed by atoms with van der Waals surface area (Å²) < 4.78 is 7.23. The first-order valence-corrected chi connectivity index (χ1v) is 11.1. The van der Waals surface area contributed by atoms with Crippen LogP contribution in [-0.2, 0) is 19.5 Å². The number of hydrogen-bond acceptors (Lipinski definition) is 5. The lowest BCUT2D eigenvalue weighted by molar-refractivity contribution is 0.0713. The largest absolute Gasteiger partial charge is 0.466 e. The van der Waals surface area contributed by atoms with Crippen LogP contribution < -0.4 is 0 Å². The molecule has 1 atom stereocenters. The van der Waals surface area contributed by atoms with Gasteiger partial charge in [0.15, 0.2) is 5.69 Å². The molecule has 2 aliphatic heterocycles. The molecular formula is C24H27N5O3. The van der Waals surface area contributed by atoms with Crippen molar-refractivity contribution in [1.29, 1.82) is 0 Å². The van der Waals surface area contributed by atoms with Crippen molar-refractivity contribution in [2.45, 2.75) is 52.2 Å². The number of hydrogen-bond donors (Lipinski definition) is 0. The third-order valence-electron chi connectivity index (χ3n) is 6.48. The average Bonchev–Trinajstić information content (AvgIpc) is 3.53. The first kappa shape index (κ1) is 20.5.